The van der Waals surface area contributed by atoms with Gasteiger partial charge in [0.2, 0.25) is 0 Å². The molecule has 4 rings (SSSR count). The first-order valence-corrected chi connectivity index (χ1v) is 12.2. The van der Waals surface area contributed by atoms with Crippen molar-refractivity contribution >= 4 is 12.6 Å². The van der Waals surface area contributed by atoms with E-state index in [2.05, 4.69) is 74.1 Å². The average Bonchev–Trinajstić information content (AvgIpc) is 2.79. The van der Waals surface area contributed by atoms with Crippen molar-refractivity contribution in [3.8, 4) is 0 Å². The summed E-state index contributed by atoms with van der Waals surface area (Å²) in [5.41, 5.74) is 8.84. The fourth-order valence-corrected chi connectivity index (χ4v) is 4.35. The summed E-state index contributed by atoms with van der Waals surface area (Å²) < 4.78 is 0. The highest BCUT2D eigenvalue weighted by atomic mass is 32.1. The van der Waals surface area contributed by atoms with Crippen LogP contribution in [-0.4, -0.2) is 89.6 Å². The molecule has 9 heteroatoms. The Morgan fingerprint density at radius 1 is 0.677 bits per heavy atom. The minimum Gasteiger partial charge on any atom is -0.322 e. The summed E-state index contributed by atoms with van der Waals surface area (Å²) in [4.78, 5) is 0. The Kier molecular flexibility index (Phi) is 10.5. The van der Waals surface area contributed by atoms with Crippen LogP contribution in [0, 0.1) is 0 Å². The van der Waals surface area contributed by atoms with Crippen molar-refractivity contribution in [3.05, 3.63) is 35.4 Å². The molecule has 2 bridgehead atoms. The SMILES string of the molecule is NC12CNCCNCC(NCc3ccc(CS)cc3)(CNCCNC1)CNCCNC2. The van der Waals surface area contributed by atoms with Crippen molar-refractivity contribution in [2.24, 2.45) is 5.73 Å². The standard InChI is InChI=1S/C22H42N8S/c23-21-13-24-5-8-27-16-22(17-28-9-6-25-14-21,18-29-10-7-26-15-21)30-11-19-1-3-20(12-31)4-2-19/h1-4,24-31H,5-18,23H2. The van der Waals surface area contributed by atoms with Crippen LogP contribution in [0.1, 0.15) is 11.1 Å². The Hall–Kier alpha value is -0.750. The minimum atomic E-state index is -0.290. The molecule has 1 aromatic rings. The molecule has 31 heavy (non-hydrogen) atoms. The molecule has 0 atom stereocenters. The quantitative estimate of drug-likeness (QED) is 0.248. The zero-order valence-electron chi connectivity index (χ0n) is 18.7. The smallest absolute Gasteiger partial charge is 0.0561 e. The Labute approximate surface area is 193 Å². The Balaban J connectivity index is 1.70. The van der Waals surface area contributed by atoms with Crippen molar-refractivity contribution < 1.29 is 0 Å². The van der Waals surface area contributed by atoms with Crippen LogP contribution in [0.3, 0.4) is 0 Å². The number of nitrogens with two attached hydrogens (primary N) is 1. The monoisotopic (exact) mass is 450 g/mol. The topological polar surface area (TPSA) is 110 Å². The normalized spacial score (nSPS) is 29.9. The summed E-state index contributed by atoms with van der Waals surface area (Å²) in [6.07, 6.45) is 0. The van der Waals surface area contributed by atoms with E-state index in [9.17, 15) is 0 Å². The van der Waals surface area contributed by atoms with Gasteiger partial charge in [0.1, 0.15) is 0 Å². The molecule has 0 radical (unpaired) electrons. The van der Waals surface area contributed by atoms with Crippen LogP contribution < -0.4 is 43.0 Å². The third-order valence-corrected chi connectivity index (χ3v) is 6.50. The van der Waals surface area contributed by atoms with E-state index in [1.54, 1.807) is 0 Å². The molecule has 3 aliphatic rings. The van der Waals surface area contributed by atoms with Crippen molar-refractivity contribution in [3.63, 3.8) is 0 Å². The summed E-state index contributed by atoms with van der Waals surface area (Å²) in [5.74, 6) is 0.775. The van der Waals surface area contributed by atoms with Gasteiger partial charge in [-0.15, -0.1) is 0 Å². The fourth-order valence-electron chi connectivity index (χ4n) is 4.14. The van der Waals surface area contributed by atoms with Gasteiger partial charge in [-0.25, -0.2) is 0 Å². The lowest BCUT2D eigenvalue weighted by atomic mass is 9.97. The van der Waals surface area contributed by atoms with Crippen LogP contribution in [0.4, 0.5) is 0 Å². The average molecular weight is 451 g/mol. The van der Waals surface area contributed by atoms with Gasteiger partial charge in [0.25, 0.3) is 0 Å². The van der Waals surface area contributed by atoms with Gasteiger partial charge in [-0.05, 0) is 11.1 Å². The second-order valence-electron chi connectivity index (χ2n) is 9.03. The highest BCUT2D eigenvalue weighted by Crippen LogP contribution is 2.09. The lowest BCUT2D eigenvalue weighted by molar-refractivity contribution is 0.269. The number of hydrogen-bond acceptors (Lipinski definition) is 9. The van der Waals surface area contributed by atoms with E-state index in [4.69, 9.17) is 5.73 Å². The second kappa shape index (κ2) is 13.1. The first-order valence-electron chi connectivity index (χ1n) is 11.6. The first kappa shape index (κ1) is 24.9. The van der Waals surface area contributed by atoms with Crippen LogP contribution in [0.15, 0.2) is 24.3 Å². The summed E-state index contributed by atoms with van der Waals surface area (Å²) >= 11 is 4.37. The van der Waals surface area contributed by atoms with E-state index in [1.807, 2.05) is 0 Å². The molecule has 3 saturated heterocycles. The highest BCUT2D eigenvalue weighted by Gasteiger charge is 2.30. The van der Waals surface area contributed by atoms with Gasteiger partial charge < -0.3 is 43.0 Å². The van der Waals surface area contributed by atoms with Crippen LogP contribution in [0.2, 0.25) is 0 Å². The van der Waals surface area contributed by atoms with Gasteiger partial charge in [-0.3, -0.25) is 0 Å². The predicted molar refractivity (Wildman–Crippen MR) is 133 cm³/mol. The van der Waals surface area contributed by atoms with E-state index >= 15 is 0 Å². The first-order chi connectivity index (χ1) is 15.1. The molecule has 9 N–H and O–H groups in total. The molecule has 1 aromatic carbocycles. The maximum absolute atomic E-state index is 6.67. The maximum Gasteiger partial charge on any atom is 0.0561 e. The number of nitrogens with one attached hydrogen (secondary N) is 7. The third-order valence-electron chi connectivity index (χ3n) is 6.13. The summed E-state index contributed by atoms with van der Waals surface area (Å²) in [6.45, 7) is 11.3. The van der Waals surface area contributed by atoms with Crippen molar-refractivity contribution in [2.75, 3.05) is 78.5 Å². The zero-order valence-corrected chi connectivity index (χ0v) is 19.6. The Morgan fingerprint density at radius 2 is 1.06 bits per heavy atom. The Bertz CT molecular complexity index is 583. The lowest BCUT2D eigenvalue weighted by Gasteiger charge is -2.37. The molecule has 0 aliphatic carbocycles. The number of hydrogen-bond donors (Lipinski definition) is 9. The molecular formula is C22H42N8S. The fraction of sp³-hybridized carbons (Fsp3) is 0.727. The van der Waals surface area contributed by atoms with Crippen LogP contribution in [0.25, 0.3) is 0 Å². The summed E-state index contributed by atoms with van der Waals surface area (Å²) in [6, 6.07) is 8.73. The summed E-state index contributed by atoms with van der Waals surface area (Å²) in [7, 11) is 0. The molecule has 176 valence electrons. The largest absolute Gasteiger partial charge is 0.322 e. The van der Waals surface area contributed by atoms with E-state index in [0.29, 0.717) is 0 Å². The van der Waals surface area contributed by atoms with Gasteiger partial charge >= 0.3 is 0 Å². The molecule has 3 fully saturated rings. The molecular weight excluding hydrogens is 408 g/mol. The predicted octanol–water partition coefficient (Wildman–Crippen LogP) is -1.79. The van der Waals surface area contributed by atoms with Crippen LogP contribution in [-0.2, 0) is 12.3 Å². The molecule has 8 nitrogen and oxygen atoms in total. The van der Waals surface area contributed by atoms with E-state index in [-0.39, 0.29) is 11.1 Å². The van der Waals surface area contributed by atoms with Gasteiger partial charge in [0.15, 0.2) is 0 Å². The molecule has 0 spiro atoms. The zero-order chi connectivity index (χ0) is 21.8. The molecule has 0 amide bonds. The van der Waals surface area contributed by atoms with E-state index in [0.717, 1.165) is 90.8 Å². The van der Waals surface area contributed by atoms with Gasteiger partial charge in [-0.2, -0.15) is 12.6 Å². The number of fused-ring (bicyclic) bond motifs is 15. The highest BCUT2D eigenvalue weighted by molar-refractivity contribution is 7.79. The lowest BCUT2D eigenvalue weighted by Crippen LogP contribution is -2.66. The second-order valence-corrected chi connectivity index (χ2v) is 9.35. The van der Waals surface area contributed by atoms with Gasteiger partial charge in [-0.1, -0.05) is 24.3 Å². The molecule has 3 heterocycles. The molecule has 3 aliphatic heterocycles. The minimum absolute atomic E-state index is 0.0892. The van der Waals surface area contributed by atoms with Crippen molar-refractivity contribution in [1.82, 2.24) is 37.2 Å². The van der Waals surface area contributed by atoms with Crippen LogP contribution >= 0.6 is 12.6 Å². The maximum atomic E-state index is 6.67. The third kappa shape index (κ3) is 8.60. The molecule has 0 saturated carbocycles. The molecule has 0 aromatic heterocycles. The van der Waals surface area contributed by atoms with Crippen LogP contribution in [0.5, 0.6) is 0 Å². The van der Waals surface area contributed by atoms with E-state index in [1.165, 1.54) is 11.1 Å². The Morgan fingerprint density at radius 3 is 1.48 bits per heavy atom. The number of rotatable bonds is 4. The van der Waals surface area contributed by atoms with Crippen molar-refractivity contribution in [2.45, 2.75) is 23.4 Å². The van der Waals surface area contributed by atoms with Gasteiger partial charge in [0.05, 0.1) is 11.1 Å². The van der Waals surface area contributed by atoms with E-state index < -0.39 is 0 Å². The number of thiol groups is 1. The van der Waals surface area contributed by atoms with Gasteiger partial charge in [0, 0.05) is 90.8 Å². The molecule has 0 unspecified atom stereocenters. The number of benzene rings is 1. The summed E-state index contributed by atoms with van der Waals surface area (Å²) in [5, 5.41) is 25.5. The van der Waals surface area contributed by atoms with Crippen molar-refractivity contribution in [1.29, 1.82) is 0 Å².